The van der Waals surface area contributed by atoms with E-state index in [4.69, 9.17) is 18.9 Å². The summed E-state index contributed by atoms with van der Waals surface area (Å²) in [5, 5.41) is 11.9. The number of esters is 1. The number of anilines is 1. The zero-order valence-corrected chi connectivity index (χ0v) is 15.5. The lowest BCUT2D eigenvalue weighted by Crippen LogP contribution is -2.25. The van der Waals surface area contributed by atoms with Crippen LogP contribution in [0, 0.1) is 11.3 Å². The predicted molar refractivity (Wildman–Crippen MR) is 102 cm³/mol. The Morgan fingerprint density at radius 1 is 1.10 bits per heavy atom. The first-order valence-corrected chi connectivity index (χ1v) is 8.82. The van der Waals surface area contributed by atoms with Gasteiger partial charge in [-0.1, -0.05) is 6.07 Å². The van der Waals surface area contributed by atoms with Crippen molar-refractivity contribution in [2.75, 3.05) is 25.3 Å². The molecule has 2 aliphatic rings. The van der Waals surface area contributed by atoms with Crippen LogP contribution in [0.3, 0.4) is 0 Å². The van der Waals surface area contributed by atoms with Crippen LogP contribution >= 0.6 is 0 Å². The number of hydrogen-bond acceptors (Lipinski definition) is 8. The maximum absolute atomic E-state index is 12.4. The summed E-state index contributed by atoms with van der Waals surface area (Å²) in [4.78, 5) is 36.0. The highest BCUT2D eigenvalue weighted by molar-refractivity contribution is 6.03. The van der Waals surface area contributed by atoms with Crippen LogP contribution in [0.1, 0.15) is 15.9 Å². The lowest BCUT2D eigenvalue weighted by Gasteiger charge is -2.18. The van der Waals surface area contributed by atoms with E-state index in [9.17, 15) is 19.6 Å². The average molecular weight is 406 g/mol. The van der Waals surface area contributed by atoms with Crippen LogP contribution in [0.2, 0.25) is 0 Å². The molecule has 0 radical (unpaired) electrons. The zero-order valence-electron chi connectivity index (χ0n) is 15.5. The van der Waals surface area contributed by atoms with Crippen molar-refractivity contribution in [2.45, 2.75) is 0 Å². The Balaban J connectivity index is 1.42. The molecule has 2 heterocycles. The molecule has 0 spiro atoms. The van der Waals surface area contributed by atoms with Gasteiger partial charge >= 0.3 is 5.97 Å². The Kier molecular flexibility index (Phi) is 5.05. The molecule has 0 fully saturated rings. The lowest BCUT2D eigenvalue weighted by atomic mass is 10.1. The first-order valence-electron chi connectivity index (χ1n) is 8.82. The van der Waals surface area contributed by atoms with E-state index in [0.29, 0.717) is 28.5 Å². The van der Waals surface area contributed by atoms with E-state index < -0.39 is 18.4 Å². The van der Waals surface area contributed by atoms with E-state index in [1.165, 1.54) is 18.2 Å². The highest BCUT2D eigenvalue weighted by Crippen LogP contribution is 2.33. The third-order valence-electron chi connectivity index (χ3n) is 4.32. The number of Topliss-reactive ketones (excluding diaryl/α,β-unsaturated/α-hetero) is 1. The molecule has 150 valence electrons. The second-order valence-electron chi connectivity index (χ2n) is 6.33. The molecule has 30 heavy (non-hydrogen) atoms. The van der Waals surface area contributed by atoms with Gasteiger partial charge in [-0.05, 0) is 42.0 Å². The SMILES string of the molecule is N#C/C(=C/c1ccc2c(c1)OCO2)C(=O)OCC(=O)c1ccc2c(c1)NC(=O)CO2. The number of fused-ring (bicyclic) bond motifs is 2. The van der Waals surface area contributed by atoms with E-state index in [1.807, 2.05) is 0 Å². The first kappa shape index (κ1) is 19.0. The molecule has 9 heteroatoms. The fourth-order valence-corrected chi connectivity index (χ4v) is 2.86. The van der Waals surface area contributed by atoms with Crippen molar-refractivity contribution in [1.82, 2.24) is 0 Å². The largest absolute Gasteiger partial charge is 0.482 e. The van der Waals surface area contributed by atoms with E-state index >= 15 is 0 Å². The molecule has 0 unspecified atom stereocenters. The maximum atomic E-state index is 12.4. The van der Waals surface area contributed by atoms with Crippen LogP contribution in [-0.4, -0.2) is 37.7 Å². The molecule has 4 rings (SSSR count). The number of carbonyl (C=O) groups is 3. The van der Waals surface area contributed by atoms with Gasteiger partial charge in [0.05, 0.1) is 5.69 Å². The second kappa shape index (κ2) is 7.97. The number of nitriles is 1. The third kappa shape index (κ3) is 3.93. The molecule has 0 bridgehead atoms. The number of hydrogen-bond donors (Lipinski definition) is 1. The quantitative estimate of drug-likeness (QED) is 0.346. The van der Waals surface area contributed by atoms with Gasteiger partial charge in [0, 0.05) is 5.56 Å². The minimum atomic E-state index is -0.932. The van der Waals surface area contributed by atoms with Crippen LogP contribution in [0.5, 0.6) is 17.2 Å². The van der Waals surface area contributed by atoms with Gasteiger partial charge in [0.1, 0.15) is 17.4 Å². The summed E-state index contributed by atoms with van der Waals surface area (Å²) in [6, 6.07) is 11.2. The van der Waals surface area contributed by atoms with Crippen molar-refractivity contribution in [1.29, 1.82) is 5.26 Å². The van der Waals surface area contributed by atoms with Crippen molar-refractivity contribution in [2.24, 2.45) is 0 Å². The van der Waals surface area contributed by atoms with Crippen molar-refractivity contribution in [3.8, 4) is 23.3 Å². The highest BCUT2D eigenvalue weighted by Gasteiger charge is 2.20. The second-order valence-corrected chi connectivity index (χ2v) is 6.33. The van der Waals surface area contributed by atoms with E-state index in [1.54, 1.807) is 30.3 Å². The predicted octanol–water partition coefficient (Wildman–Crippen LogP) is 2.08. The van der Waals surface area contributed by atoms with Gasteiger partial charge in [0.25, 0.3) is 5.91 Å². The number of ketones is 1. The number of amides is 1. The number of nitrogens with one attached hydrogen (secondary N) is 1. The van der Waals surface area contributed by atoms with Crippen LogP contribution in [-0.2, 0) is 14.3 Å². The van der Waals surface area contributed by atoms with Gasteiger partial charge in [-0.15, -0.1) is 0 Å². The monoisotopic (exact) mass is 406 g/mol. The van der Waals surface area contributed by atoms with E-state index in [0.717, 1.165) is 0 Å². The Bertz CT molecular complexity index is 1130. The average Bonchev–Trinajstić information content (AvgIpc) is 3.22. The summed E-state index contributed by atoms with van der Waals surface area (Å²) >= 11 is 0. The molecular weight excluding hydrogens is 392 g/mol. The van der Waals surface area contributed by atoms with Gasteiger partial charge < -0.3 is 24.3 Å². The molecule has 0 aromatic heterocycles. The molecule has 0 aliphatic carbocycles. The summed E-state index contributed by atoms with van der Waals surface area (Å²) in [5.41, 5.74) is 0.867. The van der Waals surface area contributed by atoms with E-state index in [-0.39, 0.29) is 30.4 Å². The van der Waals surface area contributed by atoms with Gasteiger partial charge in [-0.25, -0.2) is 4.79 Å². The van der Waals surface area contributed by atoms with Crippen LogP contribution in [0.15, 0.2) is 42.0 Å². The lowest BCUT2D eigenvalue weighted by molar-refractivity contribution is -0.137. The molecule has 2 aromatic carbocycles. The number of carbonyl (C=O) groups excluding carboxylic acids is 3. The number of benzene rings is 2. The van der Waals surface area contributed by atoms with Crippen molar-refractivity contribution < 1.29 is 33.3 Å². The standard InChI is InChI=1S/C21H14N2O7/c22-8-14(5-12-1-3-18-19(6-12)30-11-29-18)21(26)28-9-16(24)13-2-4-17-15(7-13)23-20(25)10-27-17/h1-7H,9-11H2,(H,23,25)/b14-5-. The fourth-order valence-electron chi connectivity index (χ4n) is 2.86. The van der Waals surface area contributed by atoms with Crippen molar-refractivity contribution in [3.63, 3.8) is 0 Å². The van der Waals surface area contributed by atoms with Crippen molar-refractivity contribution in [3.05, 3.63) is 53.1 Å². The van der Waals surface area contributed by atoms with Crippen LogP contribution < -0.4 is 19.5 Å². The maximum Gasteiger partial charge on any atom is 0.349 e. The summed E-state index contributed by atoms with van der Waals surface area (Å²) in [7, 11) is 0. The molecule has 0 saturated carbocycles. The summed E-state index contributed by atoms with van der Waals surface area (Å²) < 4.78 is 20.7. The first-order chi connectivity index (χ1) is 14.5. The molecule has 0 saturated heterocycles. The number of ether oxygens (including phenoxy) is 4. The molecular formula is C21H14N2O7. The van der Waals surface area contributed by atoms with Gasteiger partial charge in [-0.2, -0.15) is 5.26 Å². The zero-order chi connectivity index (χ0) is 21.1. The van der Waals surface area contributed by atoms with Gasteiger partial charge in [0.2, 0.25) is 6.79 Å². The summed E-state index contributed by atoms with van der Waals surface area (Å²) in [6.07, 6.45) is 1.33. The van der Waals surface area contributed by atoms with Crippen molar-refractivity contribution >= 4 is 29.4 Å². The Hall–Kier alpha value is -4.32. The minimum Gasteiger partial charge on any atom is -0.482 e. The Morgan fingerprint density at radius 2 is 1.90 bits per heavy atom. The van der Waals surface area contributed by atoms with Crippen LogP contribution in [0.25, 0.3) is 6.08 Å². The summed E-state index contributed by atoms with van der Waals surface area (Å²) in [6.45, 7) is -0.548. The Labute approximate surface area is 170 Å². The normalized spacial score (nSPS) is 14.1. The summed E-state index contributed by atoms with van der Waals surface area (Å²) in [5.74, 6) is -0.226. The molecule has 2 aromatic rings. The molecule has 1 amide bonds. The van der Waals surface area contributed by atoms with Gasteiger partial charge in [-0.3, -0.25) is 9.59 Å². The number of rotatable bonds is 5. The third-order valence-corrected chi connectivity index (χ3v) is 4.32. The smallest absolute Gasteiger partial charge is 0.349 e. The highest BCUT2D eigenvalue weighted by atomic mass is 16.7. The van der Waals surface area contributed by atoms with Crippen LogP contribution in [0.4, 0.5) is 5.69 Å². The number of nitrogens with zero attached hydrogens (tertiary/aromatic N) is 1. The topological polar surface area (TPSA) is 124 Å². The molecule has 0 atom stereocenters. The van der Waals surface area contributed by atoms with Gasteiger partial charge in [0.15, 0.2) is 30.5 Å². The minimum absolute atomic E-state index is 0.0927. The molecule has 9 nitrogen and oxygen atoms in total. The van der Waals surface area contributed by atoms with E-state index in [2.05, 4.69) is 5.32 Å². The molecule has 2 aliphatic heterocycles. The molecule has 1 N–H and O–H groups in total. The Morgan fingerprint density at radius 3 is 2.73 bits per heavy atom. The fraction of sp³-hybridized carbons (Fsp3) is 0.143.